The SMILES string of the molecule is CNCCOc1ccc(S(=O)(=O)NCC2CC2C)cc1. The second-order valence-corrected chi connectivity index (χ2v) is 7.02. The molecule has 1 fully saturated rings. The molecule has 1 aliphatic carbocycles. The molecule has 20 heavy (non-hydrogen) atoms. The van der Waals surface area contributed by atoms with Crippen LogP contribution in [0, 0.1) is 11.8 Å². The van der Waals surface area contributed by atoms with Gasteiger partial charge in [0.25, 0.3) is 0 Å². The zero-order valence-electron chi connectivity index (χ0n) is 11.9. The van der Waals surface area contributed by atoms with E-state index < -0.39 is 10.0 Å². The molecule has 0 aromatic heterocycles. The zero-order valence-corrected chi connectivity index (χ0v) is 12.7. The van der Waals surface area contributed by atoms with Gasteiger partial charge in [-0.1, -0.05) is 6.92 Å². The lowest BCUT2D eigenvalue weighted by molar-refractivity contribution is 0.318. The molecule has 1 saturated carbocycles. The summed E-state index contributed by atoms with van der Waals surface area (Å²) in [5, 5.41) is 2.98. The van der Waals surface area contributed by atoms with Crippen molar-refractivity contribution in [2.45, 2.75) is 18.2 Å². The number of rotatable bonds is 8. The van der Waals surface area contributed by atoms with Gasteiger partial charge in [0, 0.05) is 13.1 Å². The molecular weight excluding hydrogens is 276 g/mol. The first-order valence-electron chi connectivity index (χ1n) is 6.90. The summed E-state index contributed by atoms with van der Waals surface area (Å²) >= 11 is 0. The first kappa shape index (κ1) is 15.3. The Kier molecular flexibility index (Phi) is 5.01. The third kappa shape index (κ3) is 4.19. The molecule has 2 N–H and O–H groups in total. The number of likely N-dealkylation sites (N-methyl/N-ethyl adjacent to an activating group) is 1. The monoisotopic (exact) mass is 298 g/mol. The van der Waals surface area contributed by atoms with Crippen LogP contribution in [0.3, 0.4) is 0 Å². The van der Waals surface area contributed by atoms with Gasteiger partial charge in [-0.15, -0.1) is 0 Å². The highest BCUT2D eigenvalue weighted by atomic mass is 32.2. The van der Waals surface area contributed by atoms with E-state index in [-0.39, 0.29) is 4.90 Å². The van der Waals surface area contributed by atoms with Crippen LogP contribution in [0.1, 0.15) is 13.3 Å². The highest BCUT2D eigenvalue weighted by Crippen LogP contribution is 2.37. The molecule has 112 valence electrons. The Morgan fingerprint density at radius 2 is 1.95 bits per heavy atom. The van der Waals surface area contributed by atoms with Gasteiger partial charge in [0.1, 0.15) is 12.4 Å². The summed E-state index contributed by atoms with van der Waals surface area (Å²) in [6, 6.07) is 6.52. The van der Waals surface area contributed by atoms with Gasteiger partial charge >= 0.3 is 0 Å². The summed E-state index contributed by atoms with van der Waals surface area (Å²) in [5.41, 5.74) is 0. The van der Waals surface area contributed by atoms with E-state index in [1.807, 2.05) is 7.05 Å². The molecular formula is C14H22N2O3S. The molecule has 1 aromatic carbocycles. The zero-order chi connectivity index (χ0) is 14.6. The molecule has 0 bridgehead atoms. The minimum absolute atomic E-state index is 0.284. The molecule has 0 radical (unpaired) electrons. The quantitative estimate of drug-likeness (QED) is 0.708. The molecule has 2 rings (SSSR count). The first-order valence-corrected chi connectivity index (χ1v) is 8.38. The standard InChI is InChI=1S/C14H22N2O3S/c1-11-9-12(11)10-16-20(17,18)14-5-3-13(4-6-14)19-8-7-15-2/h3-6,11-12,15-16H,7-10H2,1-2H3. The van der Waals surface area contributed by atoms with E-state index in [4.69, 9.17) is 4.74 Å². The molecule has 0 aliphatic heterocycles. The van der Waals surface area contributed by atoms with Crippen LogP contribution in [0.4, 0.5) is 0 Å². The van der Waals surface area contributed by atoms with Gasteiger partial charge in [-0.05, 0) is 49.6 Å². The maximum atomic E-state index is 12.1. The van der Waals surface area contributed by atoms with Crippen LogP contribution < -0.4 is 14.8 Å². The molecule has 0 saturated heterocycles. The van der Waals surface area contributed by atoms with E-state index in [1.54, 1.807) is 24.3 Å². The van der Waals surface area contributed by atoms with E-state index in [1.165, 1.54) is 0 Å². The fraction of sp³-hybridized carbons (Fsp3) is 0.571. The van der Waals surface area contributed by atoms with Crippen molar-refractivity contribution in [3.63, 3.8) is 0 Å². The van der Waals surface area contributed by atoms with Crippen molar-refractivity contribution >= 4 is 10.0 Å². The summed E-state index contributed by atoms with van der Waals surface area (Å²) in [6.45, 7) is 3.97. The van der Waals surface area contributed by atoms with Gasteiger partial charge < -0.3 is 10.1 Å². The van der Waals surface area contributed by atoms with Gasteiger partial charge in [-0.2, -0.15) is 0 Å². The summed E-state index contributed by atoms with van der Waals surface area (Å²) in [5.74, 6) is 1.81. The number of hydrogen-bond donors (Lipinski definition) is 2. The van der Waals surface area contributed by atoms with Crippen molar-refractivity contribution in [1.82, 2.24) is 10.0 Å². The van der Waals surface area contributed by atoms with Crippen molar-refractivity contribution in [3.8, 4) is 5.75 Å². The van der Waals surface area contributed by atoms with Crippen LogP contribution in [0.25, 0.3) is 0 Å². The minimum atomic E-state index is -3.40. The third-order valence-corrected chi connectivity index (χ3v) is 5.01. The number of ether oxygens (including phenoxy) is 1. The summed E-state index contributed by atoms with van der Waals surface area (Å²) in [4.78, 5) is 0.284. The summed E-state index contributed by atoms with van der Waals surface area (Å²) in [7, 11) is -1.55. The average molecular weight is 298 g/mol. The normalized spacial score (nSPS) is 21.7. The molecule has 0 heterocycles. The summed E-state index contributed by atoms with van der Waals surface area (Å²) in [6.07, 6.45) is 1.11. The second-order valence-electron chi connectivity index (χ2n) is 5.25. The van der Waals surface area contributed by atoms with E-state index in [9.17, 15) is 8.42 Å². The molecule has 2 atom stereocenters. The van der Waals surface area contributed by atoms with Crippen LogP contribution in [0.5, 0.6) is 5.75 Å². The van der Waals surface area contributed by atoms with E-state index in [0.717, 1.165) is 13.0 Å². The van der Waals surface area contributed by atoms with Crippen LogP contribution in [-0.2, 0) is 10.0 Å². The predicted molar refractivity (Wildman–Crippen MR) is 78.3 cm³/mol. The lowest BCUT2D eigenvalue weighted by atomic mass is 10.3. The van der Waals surface area contributed by atoms with Gasteiger partial charge in [-0.3, -0.25) is 0 Å². The average Bonchev–Trinajstić information content (AvgIpc) is 3.14. The maximum absolute atomic E-state index is 12.1. The Labute approximate surface area is 120 Å². The lowest BCUT2D eigenvalue weighted by Crippen LogP contribution is -2.26. The van der Waals surface area contributed by atoms with Crippen LogP contribution >= 0.6 is 0 Å². The number of hydrogen-bond acceptors (Lipinski definition) is 4. The number of benzene rings is 1. The lowest BCUT2D eigenvalue weighted by Gasteiger charge is -2.08. The van der Waals surface area contributed by atoms with Crippen molar-refractivity contribution in [2.75, 3.05) is 26.7 Å². The van der Waals surface area contributed by atoms with Gasteiger partial charge in [0.05, 0.1) is 4.90 Å². The highest BCUT2D eigenvalue weighted by Gasteiger charge is 2.33. The van der Waals surface area contributed by atoms with Gasteiger partial charge in [0.2, 0.25) is 10.0 Å². The van der Waals surface area contributed by atoms with E-state index in [0.29, 0.717) is 30.7 Å². The Morgan fingerprint density at radius 3 is 2.50 bits per heavy atom. The van der Waals surface area contributed by atoms with E-state index >= 15 is 0 Å². The van der Waals surface area contributed by atoms with Crippen molar-refractivity contribution < 1.29 is 13.2 Å². The maximum Gasteiger partial charge on any atom is 0.240 e. The third-order valence-electron chi connectivity index (χ3n) is 3.57. The largest absolute Gasteiger partial charge is 0.492 e. The number of sulfonamides is 1. The minimum Gasteiger partial charge on any atom is -0.492 e. The topological polar surface area (TPSA) is 67.4 Å². The Bertz CT molecular complexity index is 528. The van der Waals surface area contributed by atoms with Gasteiger partial charge in [-0.25, -0.2) is 13.1 Å². The first-order chi connectivity index (χ1) is 9.53. The molecule has 5 nitrogen and oxygen atoms in total. The van der Waals surface area contributed by atoms with Crippen molar-refractivity contribution in [1.29, 1.82) is 0 Å². The Hall–Kier alpha value is -1.11. The molecule has 1 aromatic rings. The fourth-order valence-electron chi connectivity index (χ4n) is 1.97. The molecule has 0 spiro atoms. The van der Waals surface area contributed by atoms with E-state index in [2.05, 4.69) is 17.0 Å². The molecule has 1 aliphatic rings. The molecule has 0 amide bonds. The van der Waals surface area contributed by atoms with Crippen LogP contribution in [-0.4, -0.2) is 35.2 Å². The predicted octanol–water partition coefficient (Wildman–Crippen LogP) is 1.22. The molecule has 2 unspecified atom stereocenters. The van der Waals surface area contributed by atoms with Crippen molar-refractivity contribution in [3.05, 3.63) is 24.3 Å². The highest BCUT2D eigenvalue weighted by molar-refractivity contribution is 7.89. The Morgan fingerprint density at radius 1 is 1.30 bits per heavy atom. The van der Waals surface area contributed by atoms with Gasteiger partial charge in [0.15, 0.2) is 0 Å². The summed E-state index contributed by atoms with van der Waals surface area (Å²) < 4.78 is 32.3. The van der Waals surface area contributed by atoms with Crippen LogP contribution in [0.2, 0.25) is 0 Å². The van der Waals surface area contributed by atoms with Crippen LogP contribution in [0.15, 0.2) is 29.2 Å². The number of nitrogens with one attached hydrogen (secondary N) is 2. The fourth-order valence-corrected chi connectivity index (χ4v) is 3.06. The Balaban J connectivity index is 1.90. The second kappa shape index (κ2) is 6.56. The smallest absolute Gasteiger partial charge is 0.240 e. The molecule has 6 heteroatoms. The van der Waals surface area contributed by atoms with Crippen molar-refractivity contribution in [2.24, 2.45) is 11.8 Å².